The highest BCUT2D eigenvalue weighted by atomic mass is 32.2. The molecule has 0 radical (unpaired) electrons. The van der Waals surface area contributed by atoms with Crippen molar-refractivity contribution in [3.05, 3.63) is 41.6 Å². The van der Waals surface area contributed by atoms with E-state index in [1.807, 2.05) is 42.1 Å². The number of hydrogen-bond donors (Lipinski definition) is 1. The van der Waals surface area contributed by atoms with E-state index >= 15 is 0 Å². The zero-order valence-corrected chi connectivity index (χ0v) is 19.5. The van der Waals surface area contributed by atoms with Crippen LogP contribution in [0.1, 0.15) is 24.5 Å². The molecule has 3 aromatic rings. The van der Waals surface area contributed by atoms with Gasteiger partial charge in [-0.2, -0.15) is 5.10 Å². The van der Waals surface area contributed by atoms with Gasteiger partial charge in [-0.25, -0.2) is 14.6 Å². The molecule has 1 amide bonds. The number of ether oxygens (including phenoxy) is 1. The van der Waals surface area contributed by atoms with Crippen LogP contribution < -0.4 is 10.2 Å². The Bertz CT molecular complexity index is 1060. The van der Waals surface area contributed by atoms with Crippen LogP contribution in [0.5, 0.6) is 0 Å². The number of morpholine rings is 1. The highest BCUT2D eigenvalue weighted by Gasteiger charge is 2.20. The number of amides is 1. The molecule has 0 spiro atoms. The summed E-state index contributed by atoms with van der Waals surface area (Å²) >= 11 is 1.67. The first-order valence-electron chi connectivity index (χ1n) is 11.2. The Morgan fingerprint density at radius 1 is 1.25 bits per heavy atom. The maximum atomic E-state index is 12.4. The van der Waals surface area contributed by atoms with E-state index in [0.717, 1.165) is 58.4 Å². The van der Waals surface area contributed by atoms with Gasteiger partial charge in [0.25, 0.3) is 0 Å². The summed E-state index contributed by atoms with van der Waals surface area (Å²) in [6.45, 7) is 8.25. The Labute approximate surface area is 192 Å². The fourth-order valence-electron chi connectivity index (χ4n) is 3.73. The Balaban J connectivity index is 1.46. The number of thioether (sulfide) groups is 1. The molecule has 4 rings (SSSR count). The number of nitrogens with one attached hydrogen (secondary N) is 1. The van der Waals surface area contributed by atoms with Crippen molar-refractivity contribution in [1.82, 2.24) is 25.1 Å². The average molecular weight is 455 g/mol. The zero-order valence-electron chi connectivity index (χ0n) is 18.7. The molecule has 0 bridgehead atoms. The molecule has 1 aliphatic heterocycles. The van der Waals surface area contributed by atoms with Crippen molar-refractivity contribution in [3.8, 4) is 0 Å². The van der Waals surface area contributed by atoms with Crippen molar-refractivity contribution in [3.63, 3.8) is 0 Å². The van der Waals surface area contributed by atoms with E-state index in [9.17, 15) is 4.79 Å². The van der Waals surface area contributed by atoms with Crippen LogP contribution in [0.25, 0.3) is 11.0 Å². The molecular weight excluding hydrogens is 424 g/mol. The normalized spacial score (nSPS) is 14.1. The van der Waals surface area contributed by atoms with E-state index in [0.29, 0.717) is 32.7 Å². The van der Waals surface area contributed by atoms with Crippen LogP contribution in [-0.2, 0) is 22.5 Å². The summed E-state index contributed by atoms with van der Waals surface area (Å²) < 4.78 is 7.37. The lowest BCUT2D eigenvalue weighted by Crippen LogP contribution is -2.37. The molecule has 1 fully saturated rings. The molecule has 1 saturated heterocycles. The maximum Gasteiger partial charge on any atom is 0.224 e. The van der Waals surface area contributed by atoms with E-state index in [1.54, 1.807) is 11.8 Å². The van der Waals surface area contributed by atoms with E-state index in [1.165, 1.54) is 0 Å². The molecule has 1 aromatic carbocycles. The molecule has 0 saturated carbocycles. The fraction of sp³-hybridized carbons (Fsp3) is 0.478. The molecule has 0 aliphatic carbocycles. The summed E-state index contributed by atoms with van der Waals surface area (Å²) in [4.78, 5) is 24.2. The van der Waals surface area contributed by atoms with Crippen molar-refractivity contribution in [2.45, 2.75) is 38.4 Å². The lowest BCUT2D eigenvalue weighted by atomic mass is 10.1. The van der Waals surface area contributed by atoms with Gasteiger partial charge in [0.05, 0.1) is 37.8 Å². The van der Waals surface area contributed by atoms with Gasteiger partial charge < -0.3 is 15.0 Å². The second kappa shape index (κ2) is 10.8. The standard InChI is InChI=1S/C23H30N6O2S/c1-3-13-32-23-26-21(28-9-11-31-12-10-28)19-16-25-29(22(19)27-23)8-7-24-20(30)15-18-6-4-5-17(2)14-18/h4-6,14,16H,3,7-13,15H2,1-2H3,(H,24,30). The highest BCUT2D eigenvalue weighted by molar-refractivity contribution is 7.99. The summed E-state index contributed by atoms with van der Waals surface area (Å²) in [5.74, 6) is 1.90. The molecule has 0 atom stereocenters. The van der Waals surface area contributed by atoms with Crippen molar-refractivity contribution >= 4 is 34.5 Å². The van der Waals surface area contributed by atoms with Gasteiger partial charge in [-0.1, -0.05) is 48.5 Å². The second-order valence-corrected chi connectivity index (χ2v) is 8.96. The molecule has 1 aliphatic rings. The lowest BCUT2D eigenvalue weighted by molar-refractivity contribution is -0.120. The molecule has 170 valence electrons. The molecule has 32 heavy (non-hydrogen) atoms. The number of rotatable bonds is 9. The van der Waals surface area contributed by atoms with Gasteiger partial charge in [0.1, 0.15) is 5.82 Å². The third-order valence-electron chi connectivity index (χ3n) is 5.29. The monoisotopic (exact) mass is 454 g/mol. The van der Waals surface area contributed by atoms with Gasteiger partial charge in [-0.15, -0.1) is 0 Å². The smallest absolute Gasteiger partial charge is 0.224 e. The maximum absolute atomic E-state index is 12.4. The number of benzene rings is 1. The zero-order chi connectivity index (χ0) is 22.3. The van der Waals surface area contributed by atoms with Gasteiger partial charge >= 0.3 is 0 Å². The molecule has 0 unspecified atom stereocenters. The van der Waals surface area contributed by atoms with E-state index < -0.39 is 0 Å². The molecule has 8 nitrogen and oxygen atoms in total. The Kier molecular flexibility index (Phi) is 7.59. The number of hydrogen-bond acceptors (Lipinski definition) is 7. The lowest BCUT2D eigenvalue weighted by Gasteiger charge is -2.28. The second-order valence-electron chi connectivity index (χ2n) is 7.90. The fourth-order valence-corrected chi connectivity index (χ4v) is 4.42. The van der Waals surface area contributed by atoms with Gasteiger partial charge in [-0.3, -0.25) is 4.79 Å². The number of anilines is 1. The first-order valence-corrected chi connectivity index (χ1v) is 12.1. The van der Waals surface area contributed by atoms with Crippen LogP contribution in [0.3, 0.4) is 0 Å². The summed E-state index contributed by atoms with van der Waals surface area (Å²) in [6, 6.07) is 8.03. The van der Waals surface area contributed by atoms with Crippen LogP contribution in [0.2, 0.25) is 0 Å². The van der Waals surface area contributed by atoms with Crippen LogP contribution in [-0.4, -0.2) is 64.3 Å². The largest absolute Gasteiger partial charge is 0.378 e. The number of aryl methyl sites for hydroxylation is 1. The minimum atomic E-state index is 0.00915. The predicted octanol–water partition coefficient (Wildman–Crippen LogP) is 2.83. The third kappa shape index (κ3) is 5.58. The SMILES string of the molecule is CCCSc1nc(N2CCOCC2)c2cnn(CCNC(=O)Cc3cccc(C)c3)c2n1. The summed E-state index contributed by atoms with van der Waals surface area (Å²) in [5, 5.41) is 9.28. The molecule has 2 aromatic heterocycles. The summed E-state index contributed by atoms with van der Waals surface area (Å²) in [7, 11) is 0. The molecule has 1 N–H and O–H groups in total. The average Bonchev–Trinajstić information content (AvgIpc) is 3.20. The first-order chi connectivity index (χ1) is 15.6. The van der Waals surface area contributed by atoms with Crippen LogP contribution in [0.15, 0.2) is 35.6 Å². The quantitative estimate of drug-likeness (QED) is 0.393. The highest BCUT2D eigenvalue weighted by Crippen LogP contribution is 2.28. The van der Waals surface area contributed by atoms with Crippen LogP contribution in [0, 0.1) is 6.92 Å². The summed E-state index contributed by atoms with van der Waals surface area (Å²) in [6.07, 6.45) is 3.27. The predicted molar refractivity (Wildman–Crippen MR) is 127 cm³/mol. The van der Waals surface area contributed by atoms with Crippen LogP contribution in [0.4, 0.5) is 5.82 Å². The Morgan fingerprint density at radius 2 is 2.09 bits per heavy atom. The number of nitrogens with zero attached hydrogens (tertiary/aromatic N) is 5. The topological polar surface area (TPSA) is 85.2 Å². The Morgan fingerprint density at radius 3 is 2.88 bits per heavy atom. The van der Waals surface area contributed by atoms with Crippen molar-refractivity contribution in [2.75, 3.05) is 43.5 Å². The number of carbonyl (C=O) groups excluding carboxylic acids is 1. The minimum Gasteiger partial charge on any atom is -0.378 e. The third-order valence-corrected chi connectivity index (χ3v) is 6.35. The molecule has 9 heteroatoms. The van der Waals surface area contributed by atoms with Crippen molar-refractivity contribution in [2.24, 2.45) is 0 Å². The Hall–Kier alpha value is -2.65. The number of aromatic nitrogens is 4. The first kappa shape index (κ1) is 22.5. The van der Waals surface area contributed by atoms with Gasteiger partial charge in [0, 0.05) is 25.4 Å². The van der Waals surface area contributed by atoms with Gasteiger partial charge in [0.15, 0.2) is 10.8 Å². The minimum absolute atomic E-state index is 0.00915. The van der Waals surface area contributed by atoms with E-state index in [4.69, 9.17) is 14.7 Å². The molecule has 3 heterocycles. The number of fused-ring (bicyclic) bond motifs is 1. The summed E-state index contributed by atoms with van der Waals surface area (Å²) in [5.41, 5.74) is 2.99. The van der Waals surface area contributed by atoms with E-state index in [2.05, 4.69) is 22.2 Å². The van der Waals surface area contributed by atoms with Gasteiger partial charge in [0.2, 0.25) is 5.91 Å². The molecular formula is C23H30N6O2S. The van der Waals surface area contributed by atoms with Crippen molar-refractivity contribution < 1.29 is 9.53 Å². The van der Waals surface area contributed by atoms with Gasteiger partial charge in [-0.05, 0) is 18.9 Å². The van der Waals surface area contributed by atoms with Crippen molar-refractivity contribution in [1.29, 1.82) is 0 Å². The number of carbonyl (C=O) groups is 1. The van der Waals surface area contributed by atoms with Crippen LogP contribution >= 0.6 is 11.8 Å². The van der Waals surface area contributed by atoms with E-state index in [-0.39, 0.29) is 5.91 Å².